The minimum atomic E-state index is 0.627. The van der Waals surface area contributed by atoms with Crippen LogP contribution in [0.3, 0.4) is 0 Å². The fraction of sp³-hybridized carbons (Fsp3) is 1.00. The Morgan fingerprint density at radius 3 is 2.92 bits per heavy atom. The van der Waals surface area contributed by atoms with E-state index in [1.165, 1.54) is 25.7 Å². The van der Waals surface area contributed by atoms with Crippen LogP contribution in [-0.4, -0.2) is 25.8 Å². The van der Waals surface area contributed by atoms with Gasteiger partial charge in [-0.1, -0.05) is 13.8 Å². The third kappa shape index (κ3) is 5.27. The van der Waals surface area contributed by atoms with Gasteiger partial charge in [0.15, 0.2) is 0 Å². The summed E-state index contributed by atoms with van der Waals surface area (Å²) in [6.07, 6.45) is 5.27. The van der Waals surface area contributed by atoms with Gasteiger partial charge in [0.1, 0.15) is 0 Å². The van der Waals surface area contributed by atoms with Crippen LogP contribution in [0.25, 0.3) is 0 Å². The first-order valence-corrected chi connectivity index (χ1v) is 5.60. The van der Waals surface area contributed by atoms with E-state index in [1.807, 2.05) is 0 Å². The number of nitrogens with one attached hydrogen (secondary N) is 1. The fourth-order valence-electron chi connectivity index (χ4n) is 1.82. The van der Waals surface area contributed by atoms with Crippen LogP contribution in [0.1, 0.15) is 39.5 Å². The summed E-state index contributed by atoms with van der Waals surface area (Å²) in [4.78, 5) is 0. The lowest BCUT2D eigenvalue weighted by Crippen LogP contribution is -2.25. The first kappa shape index (κ1) is 11.0. The molecule has 0 aromatic carbocycles. The molecule has 0 aromatic heterocycles. The van der Waals surface area contributed by atoms with Crippen molar-refractivity contribution in [2.75, 3.05) is 19.8 Å². The van der Waals surface area contributed by atoms with E-state index in [4.69, 9.17) is 4.74 Å². The van der Waals surface area contributed by atoms with E-state index in [2.05, 4.69) is 19.2 Å². The largest absolute Gasteiger partial charge is 0.381 e. The van der Waals surface area contributed by atoms with Crippen LogP contribution in [0.5, 0.6) is 0 Å². The van der Waals surface area contributed by atoms with E-state index in [0.29, 0.717) is 6.04 Å². The van der Waals surface area contributed by atoms with Gasteiger partial charge in [0.2, 0.25) is 0 Å². The molecule has 0 saturated carbocycles. The van der Waals surface area contributed by atoms with Crippen LogP contribution in [0, 0.1) is 5.92 Å². The molecule has 0 radical (unpaired) electrons. The van der Waals surface area contributed by atoms with Crippen molar-refractivity contribution in [1.82, 2.24) is 5.32 Å². The van der Waals surface area contributed by atoms with E-state index in [0.717, 1.165) is 25.7 Å². The SMILES string of the molecule is CC(C)NCCCC1CCCOC1. The van der Waals surface area contributed by atoms with Crippen LogP contribution in [0.2, 0.25) is 0 Å². The van der Waals surface area contributed by atoms with E-state index in [-0.39, 0.29) is 0 Å². The van der Waals surface area contributed by atoms with Gasteiger partial charge >= 0.3 is 0 Å². The van der Waals surface area contributed by atoms with E-state index < -0.39 is 0 Å². The zero-order valence-corrected chi connectivity index (χ0v) is 9.01. The maximum absolute atomic E-state index is 5.44. The average molecular weight is 185 g/mol. The maximum Gasteiger partial charge on any atom is 0.0494 e. The molecule has 0 aromatic rings. The molecule has 1 heterocycles. The molecule has 78 valence electrons. The van der Waals surface area contributed by atoms with Crippen molar-refractivity contribution in [1.29, 1.82) is 0 Å². The first-order valence-electron chi connectivity index (χ1n) is 5.60. The van der Waals surface area contributed by atoms with Crippen molar-refractivity contribution >= 4 is 0 Å². The quantitative estimate of drug-likeness (QED) is 0.663. The van der Waals surface area contributed by atoms with Gasteiger partial charge in [-0.2, -0.15) is 0 Å². The zero-order chi connectivity index (χ0) is 9.52. The highest BCUT2D eigenvalue weighted by Gasteiger charge is 2.12. The van der Waals surface area contributed by atoms with Gasteiger partial charge in [-0.05, 0) is 38.1 Å². The Kier molecular flexibility index (Phi) is 5.40. The lowest BCUT2D eigenvalue weighted by atomic mass is 9.97. The maximum atomic E-state index is 5.44. The molecule has 0 spiro atoms. The van der Waals surface area contributed by atoms with Crippen LogP contribution in [-0.2, 0) is 4.74 Å². The molecule has 1 unspecified atom stereocenters. The van der Waals surface area contributed by atoms with Gasteiger partial charge < -0.3 is 10.1 Å². The van der Waals surface area contributed by atoms with Crippen molar-refractivity contribution in [3.8, 4) is 0 Å². The Bertz CT molecular complexity index is 119. The number of hydrogen-bond donors (Lipinski definition) is 1. The summed E-state index contributed by atoms with van der Waals surface area (Å²) in [6.45, 7) is 7.55. The molecule has 1 saturated heterocycles. The molecule has 0 bridgehead atoms. The van der Waals surface area contributed by atoms with Gasteiger partial charge in [0, 0.05) is 19.3 Å². The minimum Gasteiger partial charge on any atom is -0.381 e. The second-order valence-electron chi connectivity index (χ2n) is 4.33. The molecule has 0 aliphatic carbocycles. The van der Waals surface area contributed by atoms with Gasteiger partial charge in [0.25, 0.3) is 0 Å². The molecule has 2 heteroatoms. The average Bonchev–Trinajstić information content (AvgIpc) is 2.14. The van der Waals surface area contributed by atoms with Gasteiger partial charge in [-0.15, -0.1) is 0 Å². The summed E-state index contributed by atoms with van der Waals surface area (Å²) in [5, 5.41) is 3.44. The fourth-order valence-corrected chi connectivity index (χ4v) is 1.82. The van der Waals surface area contributed by atoms with Gasteiger partial charge in [-0.25, -0.2) is 0 Å². The Hall–Kier alpha value is -0.0800. The standard InChI is InChI=1S/C11H23NO/c1-10(2)12-7-3-5-11-6-4-8-13-9-11/h10-12H,3-9H2,1-2H3. The van der Waals surface area contributed by atoms with Gasteiger partial charge in [0.05, 0.1) is 0 Å². The van der Waals surface area contributed by atoms with Crippen LogP contribution in [0.4, 0.5) is 0 Å². The molecule has 1 atom stereocenters. The summed E-state index contributed by atoms with van der Waals surface area (Å²) in [6, 6.07) is 0.627. The molecule has 1 fully saturated rings. The molecular formula is C11H23NO. The van der Waals surface area contributed by atoms with Crippen LogP contribution < -0.4 is 5.32 Å². The number of ether oxygens (including phenoxy) is 1. The third-order valence-corrected chi connectivity index (χ3v) is 2.60. The predicted molar refractivity (Wildman–Crippen MR) is 55.9 cm³/mol. The molecule has 2 nitrogen and oxygen atoms in total. The Labute approximate surface area is 82.0 Å². The summed E-state index contributed by atoms with van der Waals surface area (Å²) in [7, 11) is 0. The molecule has 1 rings (SSSR count). The van der Waals surface area contributed by atoms with Crippen LogP contribution >= 0.6 is 0 Å². The highest BCUT2D eigenvalue weighted by molar-refractivity contribution is 4.64. The number of rotatable bonds is 5. The second kappa shape index (κ2) is 6.39. The molecular weight excluding hydrogens is 162 g/mol. The van der Waals surface area contributed by atoms with Gasteiger partial charge in [-0.3, -0.25) is 0 Å². The van der Waals surface area contributed by atoms with E-state index in [1.54, 1.807) is 0 Å². The van der Waals surface area contributed by atoms with Crippen molar-refractivity contribution in [3.05, 3.63) is 0 Å². The van der Waals surface area contributed by atoms with E-state index >= 15 is 0 Å². The number of hydrogen-bond acceptors (Lipinski definition) is 2. The topological polar surface area (TPSA) is 21.3 Å². The summed E-state index contributed by atoms with van der Waals surface area (Å²) in [5.74, 6) is 0.836. The predicted octanol–water partition coefficient (Wildman–Crippen LogP) is 2.19. The second-order valence-corrected chi connectivity index (χ2v) is 4.33. The summed E-state index contributed by atoms with van der Waals surface area (Å²) >= 11 is 0. The monoisotopic (exact) mass is 185 g/mol. The van der Waals surface area contributed by atoms with Crippen molar-refractivity contribution in [2.45, 2.75) is 45.6 Å². The normalized spacial score (nSPS) is 23.8. The highest BCUT2D eigenvalue weighted by atomic mass is 16.5. The Morgan fingerprint density at radius 2 is 2.31 bits per heavy atom. The lowest BCUT2D eigenvalue weighted by Gasteiger charge is -2.22. The molecule has 1 aliphatic heterocycles. The zero-order valence-electron chi connectivity index (χ0n) is 9.01. The molecule has 1 N–H and O–H groups in total. The van der Waals surface area contributed by atoms with Crippen molar-refractivity contribution in [2.24, 2.45) is 5.92 Å². The van der Waals surface area contributed by atoms with Crippen LogP contribution in [0.15, 0.2) is 0 Å². The third-order valence-electron chi connectivity index (χ3n) is 2.60. The molecule has 1 aliphatic rings. The van der Waals surface area contributed by atoms with Crippen molar-refractivity contribution in [3.63, 3.8) is 0 Å². The van der Waals surface area contributed by atoms with E-state index in [9.17, 15) is 0 Å². The Balaban J connectivity index is 1.92. The van der Waals surface area contributed by atoms with Crippen molar-refractivity contribution < 1.29 is 4.74 Å². The Morgan fingerprint density at radius 1 is 1.46 bits per heavy atom. The first-order chi connectivity index (χ1) is 6.29. The highest BCUT2D eigenvalue weighted by Crippen LogP contribution is 2.18. The molecule has 13 heavy (non-hydrogen) atoms. The smallest absolute Gasteiger partial charge is 0.0494 e. The summed E-state index contributed by atoms with van der Waals surface area (Å²) in [5.41, 5.74) is 0. The molecule has 0 amide bonds. The summed E-state index contributed by atoms with van der Waals surface area (Å²) < 4.78 is 5.44. The minimum absolute atomic E-state index is 0.627. The lowest BCUT2D eigenvalue weighted by molar-refractivity contribution is 0.0509.